The lowest BCUT2D eigenvalue weighted by Crippen LogP contribution is -2.19. The predicted molar refractivity (Wildman–Crippen MR) is 312 cm³/mol. The summed E-state index contributed by atoms with van der Waals surface area (Å²) in [6, 6.07) is 28.4. The first-order chi connectivity index (χ1) is 46.8. The molecule has 35 heteroatoms. The lowest BCUT2D eigenvalue weighted by Gasteiger charge is -2.20. The Labute approximate surface area is 543 Å². The normalized spacial score (nSPS) is 12.0. The van der Waals surface area contributed by atoms with Crippen molar-refractivity contribution < 1.29 is 79.8 Å². The van der Waals surface area contributed by atoms with Crippen molar-refractivity contribution in [3.63, 3.8) is 0 Å². The van der Waals surface area contributed by atoms with E-state index < -0.39 is 23.3 Å². The average Bonchev–Trinajstić information content (AvgIpc) is 1.57. The SMILES string of the molecule is CC(c1ccccc1)c1ncn[nH]1.Fc1cccc(Cc2ncn[nH]2)c1F.Fc1cccc(F)c1Cc1ncn[nH]1.O=C=O.O=C=O.O=C=O.O=C=O.O=C=O.O=C=O.c1ccc(CCc2ncn[nH]2)cc1.c1n[nH]c(CC2CCCOC2)n1.c1n[nH]c(CCC2CCCC2)n1. The van der Waals surface area contributed by atoms with E-state index in [0.29, 0.717) is 17.6 Å². The van der Waals surface area contributed by atoms with Gasteiger partial charge in [-0.05, 0) is 72.4 Å². The molecule has 1 aliphatic carbocycles. The Hall–Kier alpha value is -12.3. The molecule has 6 aromatic heterocycles. The molecule has 2 fully saturated rings. The number of nitrogens with one attached hydrogen (secondary N) is 6. The van der Waals surface area contributed by atoms with Crippen LogP contribution in [0.4, 0.5) is 17.6 Å². The summed E-state index contributed by atoms with van der Waals surface area (Å²) in [5.74, 6) is 3.88. The van der Waals surface area contributed by atoms with Crippen LogP contribution in [0.15, 0.2) is 135 Å². The van der Waals surface area contributed by atoms with Gasteiger partial charge in [-0.3, -0.25) is 30.6 Å². The number of nitrogens with zero attached hydrogens (tertiary/aromatic N) is 12. The molecule has 1 saturated carbocycles. The van der Waals surface area contributed by atoms with Crippen molar-refractivity contribution in [3.05, 3.63) is 215 Å². The lowest BCUT2D eigenvalue weighted by atomic mass is 9.98. The maximum Gasteiger partial charge on any atom is 0.373 e. The first-order valence-electron chi connectivity index (χ1n) is 28.3. The molecule has 504 valence electrons. The second kappa shape index (κ2) is 54.4. The Bertz CT molecular complexity index is 3590. The zero-order chi connectivity index (χ0) is 70.7. The monoisotopic (exact) mass is 1330 g/mol. The zero-order valence-electron chi connectivity index (χ0n) is 51.2. The van der Waals surface area contributed by atoms with Crippen molar-refractivity contribution in [1.29, 1.82) is 0 Å². The number of hydrogen-bond donors (Lipinski definition) is 6. The van der Waals surface area contributed by atoms with E-state index in [-0.39, 0.29) is 66.8 Å². The Morgan fingerprint density at radius 2 is 0.854 bits per heavy atom. The minimum Gasteiger partial charge on any atom is -0.381 e. The molecule has 4 aromatic carbocycles. The topological polar surface area (TPSA) is 463 Å². The van der Waals surface area contributed by atoms with Crippen molar-refractivity contribution in [2.24, 2.45) is 11.8 Å². The second-order valence-corrected chi connectivity index (χ2v) is 18.9. The smallest absolute Gasteiger partial charge is 0.373 e. The number of ether oxygens (including phenoxy) is 1. The van der Waals surface area contributed by atoms with E-state index in [2.05, 4.69) is 134 Å². The Balaban J connectivity index is 0.000000548. The van der Waals surface area contributed by atoms with Gasteiger partial charge in [0.05, 0.1) is 0 Å². The second-order valence-electron chi connectivity index (χ2n) is 18.9. The molecule has 96 heavy (non-hydrogen) atoms. The van der Waals surface area contributed by atoms with Crippen LogP contribution >= 0.6 is 0 Å². The number of H-pyrrole nitrogens is 6. The summed E-state index contributed by atoms with van der Waals surface area (Å²) in [5.41, 5.74) is 2.85. The average molecular weight is 1330 g/mol. The highest BCUT2D eigenvalue weighted by molar-refractivity contribution is 5.26. The van der Waals surface area contributed by atoms with Crippen LogP contribution in [0.5, 0.6) is 0 Å². The number of halogens is 4. The van der Waals surface area contributed by atoms with E-state index in [1.165, 1.54) is 105 Å². The van der Waals surface area contributed by atoms with Crippen molar-refractivity contribution in [3.8, 4) is 0 Å². The van der Waals surface area contributed by atoms with Crippen molar-refractivity contribution >= 4 is 36.9 Å². The van der Waals surface area contributed by atoms with Crippen LogP contribution in [0.1, 0.15) is 115 Å². The van der Waals surface area contributed by atoms with Crippen LogP contribution in [0.2, 0.25) is 0 Å². The quantitative estimate of drug-likeness (QED) is 0.0670. The van der Waals surface area contributed by atoms with Gasteiger partial charge in [0.1, 0.15) is 84.5 Å². The molecule has 1 aliphatic heterocycles. The fraction of sp³-hybridized carbons (Fsp3) is 0.311. The molecular formula is C61H64F4N18O13. The van der Waals surface area contributed by atoms with Gasteiger partial charge in [0, 0.05) is 56.8 Å². The summed E-state index contributed by atoms with van der Waals surface area (Å²) in [7, 11) is 0. The lowest BCUT2D eigenvalue weighted by molar-refractivity contribution is -0.193. The summed E-state index contributed by atoms with van der Waals surface area (Å²) >= 11 is 0. The van der Waals surface area contributed by atoms with Crippen molar-refractivity contribution in [1.82, 2.24) is 91.1 Å². The third kappa shape index (κ3) is 37.7. The molecule has 12 rings (SSSR count). The van der Waals surface area contributed by atoms with Crippen LogP contribution < -0.4 is 0 Å². The minimum absolute atomic E-state index is 0.00394. The minimum atomic E-state index is -0.845. The summed E-state index contributed by atoms with van der Waals surface area (Å²) in [6.45, 7) is 3.91. The third-order valence-electron chi connectivity index (χ3n) is 12.8. The number of aryl methyl sites for hydroxylation is 3. The van der Waals surface area contributed by atoms with Crippen LogP contribution in [0.25, 0.3) is 0 Å². The molecule has 2 atom stereocenters. The van der Waals surface area contributed by atoms with Gasteiger partial charge in [0.15, 0.2) is 11.6 Å². The molecule has 6 N–H and O–H groups in total. The summed E-state index contributed by atoms with van der Waals surface area (Å²) in [6.07, 6.45) is 24.0. The maximum atomic E-state index is 13.2. The predicted octanol–water partition coefficient (Wildman–Crippen LogP) is 6.09. The molecule has 2 unspecified atom stereocenters. The number of aromatic amines is 6. The van der Waals surface area contributed by atoms with Gasteiger partial charge < -0.3 is 4.74 Å². The molecular weight excluding hydrogens is 1270 g/mol. The molecule has 10 aromatic rings. The third-order valence-corrected chi connectivity index (χ3v) is 12.8. The number of benzene rings is 4. The highest BCUT2D eigenvalue weighted by atomic mass is 19.2. The van der Waals surface area contributed by atoms with E-state index in [1.807, 2.05) is 24.3 Å². The molecule has 0 spiro atoms. The van der Waals surface area contributed by atoms with Gasteiger partial charge in [-0.25, -0.2) is 47.5 Å². The molecule has 31 nitrogen and oxygen atoms in total. The van der Waals surface area contributed by atoms with Crippen LogP contribution in [-0.4, -0.2) is 141 Å². The molecule has 0 radical (unpaired) electrons. The van der Waals surface area contributed by atoms with E-state index in [0.717, 1.165) is 74.2 Å². The first kappa shape index (κ1) is 81.7. The Kier molecular flexibility index (Phi) is 46.3. The molecule has 1 saturated heterocycles. The molecule has 7 heterocycles. The number of carbonyl (C=O) groups excluding carboxylic acids is 12. The fourth-order valence-electron chi connectivity index (χ4n) is 8.51. The Morgan fingerprint density at radius 1 is 0.438 bits per heavy atom. The molecule has 2 aliphatic rings. The molecule has 0 bridgehead atoms. The highest BCUT2D eigenvalue weighted by Gasteiger charge is 2.17. The largest absolute Gasteiger partial charge is 0.381 e. The van der Waals surface area contributed by atoms with Gasteiger partial charge >= 0.3 is 36.9 Å². The standard InChI is InChI=1S/2C10H11N3.2C9H7F2N3.C9H15N3.C8H13N3O.6CO2/c1-8(10-11-7-12-13-10)9-5-3-2-4-6-9;1-2-4-9(5-3-1)6-7-10-11-8-12-13-10;10-7-2-1-3-8(11)6(7)4-9-12-5-13-14-9;10-7-3-1-2-6(9(7)11)4-8-12-5-13-14-8;1-2-4-8(3-1)5-6-9-10-7-11-12-9;1-2-7(5-12-3-1)4-8-9-6-10-11-8;6*2-1-3/h2-8H,1H3,(H,11,12,13);1-5,8H,6-7H2,(H,11,12,13);2*1-3,5H,4H2,(H,12,13,14);7-8H,1-6H2,(H,10,11,12);6-7H,1-5H2,(H,9,10,11);;;;;;. The highest BCUT2D eigenvalue weighted by Crippen LogP contribution is 2.28. The van der Waals surface area contributed by atoms with E-state index >= 15 is 0 Å². The van der Waals surface area contributed by atoms with Crippen LogP contribution in [0, 0.1) is 35.1 Å². The van der Waals surface area contributed by atoms with Crippen LogP contribution in [0.3, 0.4) is 0 Å². The molecule has 0 amide bonds. The number of aromatic nitrogens is 18. The van der Waals surface area contributed by atoms with E-state index in [9.17, 15) is 17.6 Å². The van der Waals surface area contributed by atoms with Gasteiger partial charge in [-0.15, -0.1) is 0 Å². The number of rotatable bonds is 14. The maximum absolute atomic E-state index is 13.2. The van der Waals surface area contributed by atoms with Gasteiger partial charge in [-0.2, -0.15) is 88.1 Å². The van der Waals surface area contributed by atoms with Gasteiger partial charge in [-0.1, -0.05) is 111 Å². The van der Waals surface area contributed by atoms with Gasteiger partial charge in [0.2, 0.25) is 0 Å². The van der Waals surface area contributed by atoms with Gasteiger partial charge in [0.25, 0.3) is 0 Å². The summed E-state index contributed by atoms with van der Waals surface area (Å²) in [5, 5.41) is 39.1. The summed E-state index contributed by atoms with van der Waals surface area (Å²) in [4.78, 5) is 122. The van der Waals surface area contributed by atoms with Crippen molar-refractivity contribution in [2.45, 2.75) is 96.3 Å². The zero-order valence-corrected chi connectivity index (χ0v) is 51.2. The Morgan fingerprint density at radius 3 is 1.31 bits per heavy atom. The number of hydrogen-bond acceptors (Lipinski definition) is 25. The van der Waals surface area contributed by atoms with Crippen LogP contribution in [-0.2, 0) is 101 Å². The summed E-state index contributed by atoms with van der Waals surface area (Å²) < 4.78 is 57.6. The first-order valence-corrected chi connectivity index (χ1v) is 28.3. The van der Waals surface area contributed by atoms with E-state index in [1.54, 1.807) is 19.0 Å². The fourth-order valence-corrected chi connectivity index (χ4v) is 8.51. The van der Waals surface area contributed by atoms with E-state index in [4.69, 9.17) is 62.3 Å². The van der Waals surface area contributed by atoms with Crippen molar-refractivity contribution in [2.75, 3.05) is 13.2 Å².